The van der Waals surface area contributed by atoms with Crippen LogP contribution in [0.4, 0.5) is 29.3 Å². The van der Waals surface area contributed by atoms with Crippen LogP contribution in [-0.2, 0) is 17.8 Å². The fourth-order valence-corrected chi connectivity index (χ4v) is 6.24. The Kier molecular flexibility index (Phi) is 5.09. The Morgan fingerprint density at radius 3 is 2.39 bits per heavy atom. The van der Waals surface area contributed by atoms with Crippen molar-refractivity contribution in [3.05, 3.63) is 58.3 Å². The number of aryl methyl sites for hydroxylation is 1. The van der Waals surface area contributed by atoms with Crippen molar-refractivity contribution in [2.75, 3.05) is 49.2 Å². The van der Waals surface area contributed by atoms with Gasteiger partial charge in [0.25, 0.3) is 0 Å². The van der Waals surface area contributed by atoms with E-state index in [1.807, 2.05) is 10.6 Å². The Morgan fingerprint density at radius 2 is 1.74 bits per heavy atom. The van der Waals surface area contributed by atoms with E-state index in [9.17, 15) is 17.6 Å². The molecular formula is C25H24ClF4N7O. The Morgan fingerprint density at radius 1 is 1.00 bits per heavy atom. The van der Waals surface area contributed by atoms with Crippen molar-refractivity contribution in [1.82, 2.24) is 24.6 Å². The van der Waals surface area contributed by atoms with E-state index < -0.39 is 24.9 Å². The molecule has 0 bridgehead atoms. The van der Waals surface area contributed by atoms with Crippen molar-refractivity contribution in [1.29, 1.82) is 0 Å². The Bertz CT molecular complexity index is 1430. The maximum Gasteiger partial charge on any atom is 0.411 e. The van der Waals surface area contributed by atoms with Crippen molar-refractivity contribution in [3.8, 4) is 5.69 Å². The quantitative estimate of drug-likeness (QED) is 0.461. The molecule has 2 aromatic heterocycles. The van der Waals surface area contributed by atoms with Crippen LogP contribution in [0.5, 0.6) is 0 Å². The second kappa shape index (κ2) is 8.03. The number of aromatic nitrogens is 4. The molecule has 200 valence electrons. The van der Waals surface area contributed by atoms with Gasteiger partial charge in [-0.2, -0.15) is 13.2 Å². The molecule has 3 fully saturated rings. The summed E-state index contributed by atoms with van der Waals surface area (Å²) in [6.45, 7) is 3.96. The Hall–Kier alpha value is -2.96. The van der Waals surface area contributed by atoms with Crippen LogP contribution >= 0.6 is 11.6 Å². The predicted octanol–water partition coefficient (Wildman–Crippen LogP) is 3.74. The number of fused-ring (bicyclic) bond motifs is 3. The topological polar surface area (TPSA) is 62.6 Å². The van der Waals surface area contributed by atoms with Gasteiger partial charge in [0.15, 0.2) is 11.4 Å². The van der Waals surface area contributed by atoms with Gasteiger partial charge in [0.2, 0.25) is 5.95 Å². The fraction of sp³-hybridized carbons (Fsp3) is 0.480. The van der Waals surface area contributed by atoms with Gasteiger partial charge in [0.1, 0.15) is 11.6 Å². The van der Waals surface area contributed by atoms with Crippen LogP contribution in [0.1, 0.15) is 17.0 Å². The highest BCUT2D eigenvalue weighted by Gasteiger charge is 2.64. The summed E-state index contributed by atoms with van der Waals surface area (Å²) in [6, 6.07) is 7.02. The molecule has 38 heavy (non-hydrogen) atoms. The SMILES string of the molecule is Cc1cc(N2CC3(C2)CN(c2nnc4n2-c2ccc(Cl)cc2CN(C2(C(F)(F)F)COC2)C4)C3)ncc1F. The van der Waals surface area contributed by atoms with E-state index in [-0.39, 0.29) is 24.3 Å². The van der Waals surface area contributed by atoms with E-state index >= 15 is 0 Å². The van der Waals surface area contributed by atoms with Gasteiger partial charge in [-0.1, -0.05) is 11.6 Å². The summed E-state index contributed by atoms with van der Waals surface area (Å²) in [4.78, 5) is 9.84. The normalized spacial score (nSPS) is 21.7. The minimum Gasteiger partial charge on any atom is -0.377 e. The lowest BCUT2D eigenvalue weighted by Gasteiger charge is -2.60. The number of benzene rings is 1. The number of ether oxygens (including phenoxy) is 1. The average molecular weight is 550 g/mol. The van der Waals surface area contributed by atoms with Crippen molar-refractivity contribution in [2.24, 2.45) is 5.41 Å². The van der Waals surface area contributed by atoms with Gasteiger partial charge >= 0.3 is 6.18 Å². The predicted molar refractivity (Wildman–Crippen MR) is 131 cm³/mol. The van der Waals surface area contributed by atoms with E-state index in [0.29, 0.717) is 27.9 Å². The first-order valence-electron chi connectivity index (χ1n) is 12.3. The van der Waals surface area contributed by atoms with Crippen LogP contribution in [0, 0.1) is 18.2 Å². The zero-order valence-electron chi connectivity index (χ0n) is 20.5. The van der Waals surface area contributed by atoms with Gasteiger partial charge in [-0.25, -0.2) is 9.37 Å². The maximum absolute atomic E-state index is 14.2. The lowest BCUT2D eigenvalue weighted by molar-refractivity contribution is -0.310. The third-order valence-corrected chi connectivity index (χ3v) is 8.48. The van der Waals surface area contributed by atoms with Crippen LogP contribution in [0.2, 0.25) is 5.02 Å². The molecule has 6 heterocycles. The zero-order valence-corrected chi connectivity index (χ0v) is 21.2. The summed E-state index contributed by atoms with van der Waals surface area (Å²) in [5.41, 5.74) is -0.0516. The third kappa shape index (κ3) is 3.46. The van der Waals surface area contributed by atoms with Gasteiger partial charge in [-0.05, 0) is 42.3 Å². The van der Waals surface area contributed by atoms with E-state index in [1.54, 1.807) is 25.1 Å². The standard InChI is InChI=1S/C25H24ClF4N7O/c1-15-4-20(31-6-18(15)27)34-9-23(10-34)11-35(12-23)22-33-32-21-8-36(24(13-38-14-24)25(28,29)30)7-16-5-17(26)2-3-19(16)37(21)22/h2-6H,7-14H2,1H3. The van der Waals surface area contributed by atoms with E-state index in [0.717, 1.165) is 37.7 Å². The Balaban J connectivity index is 1.16. The molecule has 4 aliphatic rings. The summed E-state index contributed by atoms with van der Waals surface area (Å²) in [5, 5.41) is 9.23. The van der Waals surface area contributed by atoms with Crippen molar-refractivity contribution < 1.29 is 22.3 Å². The first-order valence-corrected chi connectivity index (χ1v) is 12.7. The minimum absolute atomic E-state index is 0.0233. The molecule has 0 radical (unpaired) electrons. The molecule has 0 N–H and O–H groups in total. The summed E-state index contributed by atoms with van der Waals surface area (Å²) in [7, 11) is 0. The molecule has 1 aromatic carbocycles. The summed E-state index contributed by atoms with van der Waals surface area (Å²) < 4.78 is 63.1. The monoisotopic (exact) mass is 549 g/mol. The molecule has 4 aliphatic heterocycles. The fourth-order valence-electron chi connectivity index (χ4n) is 6.04. The molecule has 7 rings (SSSR count). The second-order valence-corrected chi connectivity index (χ2v) is 11.3. The van der Waals surface area contributed by atoms with Crippen molar-refractivity contribution in [3.63, 3.8) is 0 Å². The smallest absolute Gasteiger partial charge is 0.377 e. The number of anilines is 2. The Labute approximate surface area is 220 Å². The highest BCUT2D eigenvalue weighted by Crippen LogP contribution is 2.46. The molecule has 3 saturated heterocycles. The molecule has 0 aliphatic carbocycles. The number of hydrogen-bond donors (Lipinski definition) is 0. The molecule has 8 nitrogen and oxygen atoms in total. The lowest BCUT2D eigenvalue weighted by atomic mass is 9.73. The zero-order chi connectivity index (χ0) is 26.4. The van der Waals surface area contributed by atoms with Gasteiger partial charge < -0.3 is 14.5 Å². The number of nitrogens with zero attached hydrogens (tertiary/aromatic N) is 7. The first kappa shape index (κ1) is 24.1. The summed E-state index contributed by atoms with van der Waals surface area (Å²) >= 11 is 6.27. The van der Waals surface area contributed by atoms with Crippen LogP contribution in [0.15, 0.2) is 30.5 Å². The first-order chi connectivity index (χ1) is 18.1. The van der Waals surface area contributed by atoms with Crippen LogP contribution < -0.4 is 9.80 Å². The molecule has 13 heteroatoms. The van der Waals surface area contributed by atoms with Gasteiger partial charge in [0.05, 0.1) is 31.6 Å². The molecule has 3 aromatic rings. The summed E-state index contributed by atoms with van der Waals surface area (Å²) in [5.74, 6) is 1.49. The van der Waals surface area contributed by atoms with Crippen molar-refractivity contribution >= 4 is 23.4 Å². The molecule has 0 amide bonds. The molecular weight excluding hydrogens is 526 g/mol. The minimum atomic E-state index is -4.46. The third-order valence-electron chi connectivity index (χ3n) is 8.25. The number of rotatable bonds is 3. The largest absolute Gasteiger partial charge is 0.411 e. The molecule has 0 atom stereocenters. The number of pyridine rings is 1. The highest BCUT2D eigenvalue weighted by molar-refractivity contribution is 6.30. The number of halogens is 5. The number of hydrogen-bond acceptors (Lipinski definition) is 7. The van der Waals surface area contributed by atoms with Crippen LogP contribution in [-0.4, -0.2) is 75.8 Å². The van der Waals surface area contributed by atoms with E-state index in [2.05, 4.69) is 25.0 Å². The summed E-state index contributed by atoms with van der Waals surface area (Å²) in [6.07, 6.45) is -3.21. The van der Waals surface area contributed by atoms with Crippen molar-refractivity contribution in [2.45, 2.75) is 31.7 Å². The lowest BCUT2D eigenvalue weighted by Crippen LogP contribution is -2.73. The van der Waals surface area contributed by atoms with Crippen LogP contribution in [0.3, 0.4) is 0 Å². The van der Waals surface area contributed by atoms with Crippen LogP contribution in [0.25, 0.3) is 5.69 Å². The van der Waals surface area contributed by atoms with Gasteiger partial charge in [-0.15, -0.1) is 10.2 Å². The maximum atomic E-state index is 14.2. The molecule has 0 saturated carbocycles. The van der Waals surface area contributed by atoms with E-state index in [1.165, 1.54) is 11.1 Å². The van der Waals surface area contributed by atoms with Gasteiger partial charge in [0, 0.05) is 43.2 Å². The van der Waals surface area contributed by atoms with E-state index in [4.69, 9.17) is 16.3 Å². The number of alkyl halides is 3. The highest BCUT2D eigenvalue weighted by atomic mass is 35.5. The molecule has 1 spiro atoms. The van der Waals surface area contributed by atoms with Gasteiger partial charge in [-0.3, -0.25) is 9.47 Å². The average Bonchev–Trinajstić information content (AvgIpc) is 3.08. The molecule has 0 unspecified atom stereocenters. The second-order valence-electron chi connectivity index (χ2n) is 10.9.